The second-order valence-corrected chi connectivity index (χ2v) is 7.01. The fourth-order valence-corrected chi connectivity index (χ4v) is 3.68. The van der Waals surface area contributed by atoms with E-state index >= 15 is 0 Å². The van der Waals surface area contributed by atoms with Gasteiger partial charge in [-0.1, -0.05) is 24.1 Å². The molecule has 19 heavy (non-hydrogen) atoms. The van der Waals surface area contributed by atoms with E-state index in [2.05, 4.69) is 33.0 Å². The minimum atomic E-state index is 0.233. The van der Waals surface area contributed by atoms with Gasteiger partial charge in [-0.15, -0.1) is 0 Å². The lowest BCUT2D eigenvalue weighted by Gasteiger charge is -2.34. The molecule has 0 amide bonds. The van der Waals surface area contributed by atoms with E-state index in [4.69, 9.17) is 17.3 Å². The van der Waals surface area contributed by atoms with Gasteiger partial charge in [0.05, 0.1) is 11.1 Å². The predicted octanol–water partition coefficient (Wildman–Crippen LogP) is 4.12. The highest BCUT2D eigenvalue weighted by Crippen LogP contribution is 2.39. The van der Waals surface area contributed by atoms with E-state index in [9.17, 15) is 0 Å². The Morgan fingerprint density at radius 2 is 2.00 bits per heavy atom. The van der Waals surface area contributed by atoms with Crippen LogP contribution in [0.4, 0.5) is 0 Å². The van der Waals surface area contributed by atoms with Crippen molar-refractivity contribution in [2.45, 2.75) is 50.2 Å². The Labute approximate surface area is 128 Å². The van der Waals surface area contributed by atoms with Crippen molar-refractivity contribution in [1.82, 2.24) is 4.90 Å². The Bertz CT molecular complexity index is 461. The van der Waals surface area contributed by atoms with Gasteiger partial charge < -0.3 is 5.73 Å². The number of hydrogen-bond donors (Lipinski definition) is 1. The van der Waals surface area contributed by atoms with Crippen molar-refractivity contribution in [1.29, 1.82) is 0 Å². The van der Waals surface area contributed by atoms with Crippen molar-refractivity contribution in [3.05, 3.63) is 33.3 Å². The largest absolute Gasteiger partial charge is 0.326 e. The number of benzene rings is 1. The normalized spacial score (nSPS) is 29.2. The molecule has 2 aliphatic rings. The van der Waals surface area contributed by atoms with E-state index in [0.29, 0.717) is 6.04 Å². The third-order valence-corrected chi connectivity index (χ3v) is 5.48. The van der Waals surface area contributed by atoms with Crippen LogP contribution in [0.1, 0.15) is 43.7 Å². The van der Waals surface area contributed by atoms with Crippen LogP contribution in [0.5, 0.6) is 0 Å². The van der Waals surface area contributed by atoms with Crippen molar-refractivity contribution >= 4 is 27.5 Å². The van der Waals surface area contributed by atoms with Crippen molar-refractivity contribution in [3.63, 3.8) is 0 Å². The Hall–Kier alpha value is -0.0900. The zero-order valence-corrected chi connectivity index (χ0v) is 13.3. The Morgan fingerprint density at radius 1 is 1.21 bits per heavy atom. The van der Waals surface area contributed by atoms with E-state index < -0.39 is 0 Å². The average molecular weight is 344 g/mol. The molecule has 1 aromatic carbocycles. The van der Waals surface area contributed by atoms with E-state index in [0.717, 1.165) is 22.0 Å². The Kier molecular flexibility index (Phi) is 4.18. The third kappa shape index (κ3) is 2.99. The first-order chi connectivity index (χ1) is 9.16. The molecule has 2 unspecified atom stereocenters. The maximum Gasteiger partial charge on any atom is 0.0548 e. The molecule has 0 radical (unpaired) electrons. The Morgan fingerprint density at radius 3 is 2.68 bits per heavy atom. The van der Waals surface area contributed by atoms with Gasteiger partial charge in [-0.2, -0.15) is 0 Å². The van der Waals surface area contributed by atoms with Gasteiger partial charge in [0.2, 0.25) is 0 Å². The summed E-state index contributed by atoms with van der Waals surface area (Å²) in [5.74, 6) is 0. The van der Waals surface area contributed by atoms with Crippen molar-refractivity contribution < 1.29 is 0 Å². The maximum atomic E-state index is 6.47. The minimum absolute atomic E-state index is 0.233. The molecule has 1 aliphatic carbocycles. The fourth-order valence-electron chi connectivity index (χ4n) is 3.17. The zero-order valence-electron chi connectivity index (χ0n) is 11.0. The molecular formula is C15H20BrClN2. The summed E-state index contributed by atoms with van der Waals surface area (Å²) in [5, 5.41) is 0.768. The molecular weight excluding hydrogens is 324 g/mol. The van der Waals surface area contributed by atoms with E-state index in [1.807, 2.05) is 6.07 Å². The zero-order chi connectivity index (χ0) is 13.4. The van der Waals surface area contributed by atoms with Crippen LogP contribution >= 0.6 is 27.5 Å². The summed E-state index contributed by atoms with van der Waals surface area (Å²) in [4.78, 5) is 2.63. The third-order valence-electron chi connectivity index (χ3n) is 4.27. The molecule has 0 spiro atoms. The molecule has 0 bridgehead atoms. The van der Waals surface area contributed by atoms with Gasteiger partial charge in [0, 0.05) is 16.6 Å². The van der Waals surface area contributed by atoms with Crippen LogP contribution in [0, 0.1) is 0 Å². The molecule has 2 atom stereocenters. The molecule has 1 aromatic rings. The lowest BCUT2D eigenvalue weighted by molar-refractivity contribution is 0.175. The van der Waals surface area contributed by atoms with Crippen LogP contribution < -0.4 is 5.73 Å². The number of halogens is 2. The van der Waals surface area contributed by atoms with Crippen LogP contribution in [0.25, 0.3) is 0 Å². The molecule has 3 rings (SSSR count). The van der Waals surface area contributed by atoms with Crippen LogP contribution in [-0.2, 0) is 0 Å². The monoisotopic (exact) mass is 342 g/mol. The second-order valence-electron chi connectivity index (χ2n) is 5.75. The molecule has 2 N–H and O–H groups in total. The number of nitrogens with two attached hydrogens (primary N) is 1. The SMILES string of the molecule is NC1CCCCN(C2CC2)C1c1ccc(Cl)c(Br)c1. The summed E-state index contributed by atoms with van der Waals surface area (Å²) < 4.78 is 0.971. The molecule has 2 fully saturated rings. The highest BCUT2D eigenvalue weighted by molar-refractivity contribution is 9.10. The molecule has 104 valence electrons. The number of nitrogens with zero attached hydrogens (tertiary/aromatic N) is 1. The van der Waals surface area contributed by atoms with Gasteiger partial charge in [-0.05, 0) is 65.9 Å². The summed E-state index contributed by atoms with van der Waals surface area (Å²) in [6.45, 7) is 1.18. The van der Waals surface area contributed by atoms with E-state index in [-0.39, 0.29) is 6.04 Å². The van der Waals surface area contributed by atoms with Gasteiger partial charge in [0.1, 0.15) is 0 Å². The van der Waals surface area contributed by atoms with Crippen LogP contribution in [0.3, 0.4) is 0 Å². The van der Waals surface area contributed by atoms with Crippen molar-refractivity contribution in [2.24, 2.45) is 5.73 Å². The minimum Gasteiger partial charge on any atom is -0.326 e. The van der Waals surface area contributed by atoms with Gasteiger partial charge in [0.25, 0.3) is 0 Å². The molecule has 1 saturated heterocycles. The lowest BCUT2D eigenvalue weighted by atomic mass is 9.96. The van der Waals surface area contributed by atoms with Gasteiger partial charge in [-0.25, -0.2) is 0 Å². The predicted molar refractivity (Wildman–Crippen MR) is 83.4 cm³/mol. The summed E-state index contributed by atoms with van der Waals surface area (Å²) in [5.41, 5.74) is 7.77. The quantitative estimate of drug-likeness (QED) is 0.875. The van der Waals surface area contributed by atoms with Crippen molar-refractivity contribution in [3.8, 4) is 0 Å². The van der Waals surface area contributed by atoms with Crippen molar-refractivity contribution in [2.75, 3.05) is 6.54 Å². The number of rotatable bonds is 2. The van der Waals surface area contributed by atoms with Crippen LogP contribution in [0.2, 0.25) is 5.02 Å². The summed E-state index contributed by atoms with van der Waals surface area (Å²) in [6, 6.07) is 7.60. The first kappa shape index (κ1) is 13.9. The second kappa shape index (κ2) is 5.72. The van der Waals surface area contributed by atoms with Gasteiger partial charge in [0.15, 0.2) is 0 Å². The Balaban J connectivity index is 1.93. The first-order valence-electron chi connectivity index (χ1n) is 7.13. The number of likely N-dealkylation sites (tertiary alicyclic amines) is 1. The maximum absolute atomic E-state index is 6.47. The topological polar surface area (TPSA) is 29.3 Å². The van der Waals surface area contributed by atoms with Gasteiger partial charge in [-0.3, -0.25) is 4.90 Å². The molecule has 1 saturated carbocycles. The fraction of sp³-hybridized carbons (Fsp3) is 0.600. The molecule has 1 aliphatic heterocycles. The summed E-state index contributed by atoms with van der Waals surface area (Å²) in [6.07, 6.45) is 6.30. The molecule has 1 heterocycles. The molecule has 0 aromatic heterocycles. The number of hydrogen-bond acceptors (Lipinski definition) is 2. The smallest absolute Gasteiger partial charge is 0.0548 e. The molecule has 4 heteroatoms. The van der Waals surface area contributed by atoms with E-state index in [1.54, 1.807) is 0 Å². The highest BCUT2D eigenvalue weighted by atomic mass is 79.9. The highest BCUT2D eigenvalue weighted by Gasteiger charge is 2.38. The van der Waals surface area contributed by atoms with Crippen LogP contribution in [0.15, 0.2) is 22.7 Å². The lowest BCUT2D eigenvalue weighted by Crippen LogP contribution is -2.41. The van der Waals surface area contributed by atoms with Gasteiger partial charge >= 0.3 is 0 Å². The average Bonchev–Trinajstić information content (AvgIpc) is 3.20. The summed E-state index contributed by atoms with van der Waals surface area (Å²) >= 11 is 9.64. The first-order valence-corrected chi connectivity index (χ1v) is 8.30. The summed E-state index contributed by atoms with van der Waals surface area (Å²) in [7, 11) is 0. The standard InChI is InChI=1S/C15H20BrClN2/c16-12-9-10(4-7-13(12)17)15-14(18)3-1-2-8-19(15)11-5-6-11/h4,7,9,11,14-15H,1-3,5-6,8,18H2. The van der Waals surface area contributed by atoms with E-state index in [1.165, 1.54) is 37.8 Å². The van der Waals surface area contributed by atoms with Crippen LogP contribution in [-0.4, -0.2) is 23.5 Å². The molecule has 2 nitrogen and oxygen atoms in total.